The molecule has 2 heterocycles. The van der Waals surface area contributed by atoms with Crippen molar-refractivity contribution in [1.29, 1.82) is 0 Å². The number of carbonyl (C=O) groups is 1. The van der Waals surface area contributed by atoms with Crippen LogP contribution in [0.15, 0.2) is 91.1 Å². The molecule has 0 fully saturated rings. The summed E-state index contributed by atoms with van der Waals surface area (Å²) in [4.78, 5) is 13.5. The number of ether oxygens (including phenoxy) is 1. The second-order valence-electron chi connectivity index (χ2n) is 8.71. The summed E-state index contributed by atoms with van der Waals surface area (Å²) < 4.78 is 7.70. The smallest absolute Gasteiger partial charge is 0.224 e. The molecule has 4 aromatic rings. The van der Waals surface area contributed by atoms with E-state index in [2.05, 4.69) is 52.0 Å². The second kappa shape index (κ2) is 10.4. The maximum Gasteiger partial charge on any atom is 0.224 e. The van der Waals surface area contributed by atoms with Gasteiger partial charge in [0.25, 0.3) is 0 Å². The zero-order valence-electron chi connectivity index (χ0n) is 19.0. The van der Waals surface area contributed by atoms with Crippen LogP contribution in [0.1, 0.15) is 29.3 Å². The van der Waals surface area contributed by atoms with Crippen molar-refractivity contribution in [3.05, 3.63) is 108 Å². The predicted octanol–water partition coefficient (Wildman–Crippen LogP) is 4.58. The van der Waals surface area contributed by atoms with E-state index in [1.165, 1.54) is 11.1 Å². The largest absolute Gasteiger partial charge is 0.373 e. The molecule has 1 N–H and O–H groups in total. The highest BCUT2D eigenvalue weighted by molar-refractivity contribution is 5.79. The van der Waals surface area contributed by atoms with Crippen LogP contribution in [0.3, 0.4) is 0 Å². The predicted molar refractivity (Wildman–Crippen MR) is 131 cm³/mol. The molecule has 0 aliphatic carbocycles. The highest BCUT2D eigenvalue weighted by Crippen LogP contribution is 2.23. The van der Waals surface area contributed by atoms with Crippen molar-refractivity contribution in [2.75, 3.05) is 6.61 Å². The fourth-order valence-electron chi connectivity index (χ4n) is 4.35. The number of carbonyl (C=O) groups excluding carboxylic acids is 1. The Bertz CT molecular complexity index is 1210. The number of amides is 1. The topological polar surface area (TPSA) is 69.0 Å². The number of hydrogen-bond donors (Lipinski definition) is 1. The second-order valence-corrected chi connectivity index (χ2v) is 8.71. The van der Waals surface area contributed by atoms with Crippen LogP contribution in [0.4, 0.5) is 0 Å². The molecule has 0 saturated carbocycles. The third-order valence-electron chi connectivity index (χ3n) is 6.26. The summed E-state index contributed by atoms with van der Waals surface area (Å²) in [5, 5.41) is 11.7. The molecular formula is C28H28N4O2. The van der Waals surface area contributed by atoms with Gasteiger partial charge in [-0.2, -0.15) is 0 Å². The van der Waals surface area contributed by atoms with Crippen molar-refractivity contribution in [3.63, 3.8) is 0 Å². The fourth-order valence-corrected chi connectivity index (χ4v) is 4.35. The maximum atomic E-state index is 13.5. The number of rotatable bonds is 4. The average molecular weight is 453 g/mol. The highest BCUT2D eigenvalue weighted by atomic mass is 16.5. The highest BCUT2D eigenvalue weighted by Gasteiger charge is 2.24. The summed E-state index contributed by atoms with van der Waals surface area (Å²) in [5.74, 6) is -0.161. The Labute approximate surface area is 199 Å². The number of nitrogens with one attached hydrogen (secondary N) is 1. The molecule has 1 amide bonds. The van der Waals surface area contributed by atoms with Gasteiger partial charge in [-0.25, -0.2) is 0 Å². The van der Waals surface area contributed by atoms with Gasteiger partial charge < -0.3 is 10.1 Å². The molecule has 1 aliphatic rings. The summed E-state index contributed by atoms with van der Waals surface area (Å²) in [5.41, 5.74) is 5.32. The van der Waals surface area contributed by atoms with Crippen LogP contribution in [-0.2, 0) is 29.1 Å². The van der Waals surface area contributed by atoms with E-state index >= 15 is 0 Å². The standard InChI is InChI=1S/C28H28N4O2/c33-28-25(17-21-11-13-23(14-12-21)22-7-3-1-4-8-22)15-16-32-18-26(30-31-32)19-34-20-27(29-28)24-9-5-2-6-10-24/h1-14,18,25,27H,15-17,19-20H2,(H,29,33)/t25-,27-/m0/s1. The normalized spacial score (nSPS) is 19.0. The summed E-state index contributed by atoms with van der Waals surface area (Å²) in [6.07, 6.45) is 3.24. The van der Waals surface area contributed by atoms with Gasteiger partial charge in [-0.15, -0.1) is 5.10 Å². The summed E-state index contributed by atoms with van der Waals surface area (Å²) in [6, 6.07) is 28.6. The molecule has 172 valence electrons. The lowest BCUT2D eigenvalue weighted by Crippen LogP contribution is -2.37. The Balaban J connectivity index is 1.37. The lowest BCUT2D eigenvalue weighted by molar-refractivity contribution is -0.126. The first-order valence-corrected chi connectivity index (χ1v) is 11.7. The van der Waals surface area contributed by atoms with Gasteiger partial charge in [-0.3, -0.25) is 9.48 Å². The average Bonchev–Trinajstić information content (AvgIpc) is 3.34. The van der Waals surface area contributed by atoms with E-state index in [1.54, 1.807) is 4.68 Å². The van der Waals surface area contributed by atoms with Crippen molar-refractivity contribution in [2.24, 2.45) is 5.92 Å². The Hall–Kier alpha value is -3.77. The monoisotopic (exact) mass is 452 g/mol. The molecule has 3 aromatic carbocycles. The lowest BCUT2D eigenvalue weighted by atomic mass is 9.93. The number of fused-ring (bicyclic) bond motifs is 2. The van der Waals surface area contributed by atoms with Gasteiger partial charge in [-0.1, -0.05) is 90.1 Å². The van der Waals surface area contributed by atoms with Gasteiger partial charge in [0.15, 0.2) is 0 Å². The number of benzene rings is 3. The van der Waals surface area contributed by atoms with Crippen molar-refractivity contribution in [1.82, 2.24) is 20.3 Å². The van der Waals surface area contributed by atoms with E-state index in [1.807, 2.05) is 54.7 Å². The molecular weight excluding hydrogens is 424 g/mol. The van der Waals surface area contributed by atoms with Crippen molar-refractivity contribution >= 4 is 5.91 Å². The molecule has 6 heteroatoms. The quantitative estimate of drug-likeness (QED) is 0.492. The third-order valence-corrected chi connectivity index (χ3v) is 6.26. The molecule has 1 aliphatic heterocycles. The molecule has 0 spiro atoms. The Kier molecular flexibility index (Phi) is 6.77. The molecule has 0 unspecified atom stereocenters. The number of aromatic nitrogens is 3. The maximum absolute atomic E-state index is 13.5. The third kappa shape index (κ3) is 5.41. The number of aryl methyl sites for hydroxylation is 1. The van der Waals surface area contributed by atoms with Crippen LogP contribution >= 0.6 is 0 Å². The van der Waals surface area contributed by atoms with Crippen LogP contribution in [0.2, 0.25) is 0 Å². The fraction of sp³-hybridized carbons (Fsp3) is 0.250. The van der Waals surface area contributed by atoms with E-state index in [0.717, 1.165) is 16.8 Å². The van der Waals surface area contributed by atoms with E-state index in [-0.39, 0.29) is 17.9 Å². The minimum Gasteiger partial charge on any atom is -0.373 e. The first-order valence-electron chi connectivity index (χ1n) is 11.7. The molecule has 0 radical (unpaired) electrons. The summed E-state index contributed by atoms with van der Waals surface area (Å²) >= 11 is 0. The van der Waals surface area contributed by atoms with Gasteiger partial charge in [0, 0.05) is 12.5 Å². The van der Waals surface area contributed by atoms with E-state index < -0.39 is 0 Å². The van der Waals surface area contributed by atoms with Crippen LogP contribution < -0.4 is 5.32 Å². The minimum absolute atomic E-state index is 0.0329. The molecule has 2 bridgehead atoms. The number of nitrogens with zero attached hydrogens (tertiary/aromatic N) is 3. The molecule has 1 aromatic heterocycles. The van der Waals surface area contributed by atoms with E-state index in [0.29, 0.717) is 32.6 Å². The van der Waals surface area contributed by atoms with E-state index in [9.17, 15) is 4.79 Å². The first kappa shape index (κ1) is 22.0. The van der Waals surface area contributed by atoms with Crippen LogP contribution in [0, 0.1) is 5.92 Å². The number of hydrogen-bond acceptors (Lipinski definition) is 4. The molecule has 34 heavy (non-hydrogen) atoms. The Morgan fingerprint density at radius 1 is 0.912 bits per heavy atom. The van der Waals surface area contributed by atoms with Crippen LogP contribution in [0.5, 0.6) is 0 Å². The van der Waals surface area contributed by atoms with E-state index in [4.69, 9.17) is 4.74 Å². The van der Waals surface area contributed by atoms with Gasteiger partial charge >= 0.3 is 0 Å². The van der Waals surface area contributed by atoms with Gasteiger partial charge in [-0.05, 0) is 35.1 Å². The lowest BCUT2D eigenvalue weighted by Gasteiger charge is -2.24. The zero-order chi connectivity index (χ0) is 23.2. The Morgan fingerprint density at radius 3 is 2.38 bits per heavy atom. The van der Waals surface area contributed by atoms with Crippen molar-refractivity contribution in [3.8, 4) is 11.1 Å². The zero-order valence-corrected chi connectivity index (χ0v) is 19.0. The van der Waals surface area contributed by atoms with Gasteiger partial charge in [0.1, 0.15) is 5.69 Å². The van der Waals surface area contributed by atoms with Crippen LogP contribution in [-0.4, -0.2) is 27.5 Å². The molecule has 2 atom stereocenters. The van der Waals surface area contributed by atoms with Crippen molar-refractivity contribution in [2.45, 2.75) is 32.0 Å². The summed E-state index contributed by atoms with van der Waals surface area (Å²) in [6.45, 7) is 1.38. The molecule has 0 saturated heterocycles. The Morgan fingerprint density at radius 2 is 1.62 bits per heavy atom. The minimum atomic E-state index is -0.217. The first-order chi connectivity index (χ1) is 16.7. The molecule has 5 rings (SSSR count). The molecule has 6 nitrogen and oxygen atoms in total. The van der Waals surface area contributed by atoms with Crippen LogP contribution in [0.25, 0.3) is 11.1 Å². The van der Waals surface area contributed by atoms with Gasteiger partial charge in [0.2, 0.25) is 5.91 Å². The van der Waals surface area contributed by atoms with Crippen molar-refractivity contribution < 1.29 is 9.53 Å². The SMILES string of the molecule is O=C1N[C@H](c2ccccc2)COCc2cn(nn2)CC[C@H]1Cc1ccc(-c2ccccc2)cc1. The van der Waals surface area contributed by atoms with Gasteiger partial charge in [0.05, 0.1) is 25.5 Å². The summed E-state index contributed by atoms with van der Waals surface area (Å²) in [7, 11) is 0.